The van der Waals surface area contributed by atoms with Crippen LogP contribution in [0.3, 0.4) is 0 Å². The molecule has 0 spiro atoms. The molecule has 0 aliphatic heterocycles. The summed E-state index contributed by atoms with van der Waals surface area (Å²) in [6, 6.07) is 7.05. The van der Waals surface area contributed by atoms with Crippen LogP contribution in [0.2, 0.25) is 0 Å². The highest BCUT2D eigenvalue weighted by atomic mass is 79.9. The van der Waals surface area contributed by atoms with E-state index in [0.29, 0.717) is 29.4 Å². The van der Waals surface area contributed by atoms with Crippen molar-refractivity contribution < 1.29 is 14.3 Å². The molecular formula is C13H4Br6O3. The number of carbonyl (C=O) groups is 1. The van der Waals surface area contributed by atoms with Crippen LogP contribution in [-0.4, -0.2) is 6.16 Å². The quantitative estimate of drug-likeness (QED) is 0.239. The average Bonchev–Trinajstić information content (AvgIpc) is 2.38. The fourth-order valence-electron chi connectivity index (χ4n) is 1.44. The Morgan fingerprint density at radius 3 is 1.18 bits per heavy atom. The van der Waals surface area contributed by atoms with Crippen molar-refractivity contribution in [2.75, 3.05) is 0 Å². The van der Waals surface area contributed by atoms with Crippen molar-refractivity contribution in [2.45, 2.75) is 0 Å². The fraction of sp³-hybridized carbons (Fsp3) is 0. The summed E-state index contributed by atoms with van der Waals surface area (Å²) in [5, 5.41) is 0. The van der Waals surface area contributed by atoms with Crippen molar-refractivity contribution in [2.24, 2.45) is 0 Å². The third-order valence-corrected chi connectivity index (χ3v) is 5.57. The van der Waals surface area contributed by atoms with E-state index < -0.39 is 6.16 Å². The van der Waals surface area contributed by atoms with Gasteiger partial charge in [-0.25, -0.2) is 4.79 Å². The van der Waals surface area contributed by atoms with Crippen molar-refractivity contribution in [1.82, 2.24) is 0 Å². The largest absolute Gasteiger partial charge is 0.519 e. The molecule has 0 aliphatic carbocycles. The van der Waals surface area contributed by atoms with Gasteiger partial charge in [-0.1, -0.05) is 31.9 Å². The summed E-state index contributed by atoms with van der Waals surface area (Å²) < 4.78 is 14.6. The second-order valence-electron chi connectivity index (χ2n) is 3.85. The molecule has 3 nitrogen and oxygen atoms in total. The van der Waals surface area contributed by atoms with Gasteiger partial charge in [-0.3, -0.25) is 0 Å². The maximum Gasteiger partial charge on any atom is 0.519 e. The Hall–Kier alpha value is 0.590. The Labute approximate surface area is 176 Å². The number of hydrogen-bond donors (Lipinski definition) is 0. The van der Waals surface area contributed by atoms with Crippen molar-refractivity contribution in [3.05, 3.63) is 51.1 Å². The molecule has 116 valence electrons. The SMILES string of the molecule is O=C(Oc1c(Br)cc(Br)cc1Br)Oc1c(Br)cc(Br)cc1Br. The van der Waals surface area contributed by atoms with E-state index in [-0.39, 0.29) is 0 Å². The van der Waals surface area contributed by atoms with E-state index in [1.54, 1.807) is 24.3 Å². The molecule has 0 fully saturated rings. The molecule has 0 unspecified atom stereocenters. The van der Waals surface area contributed by atoms with Crippen LogP contribution in [-0.2, 0) is 0 Å². The standard InChI is InChI=1S/C13H4Br6O3/c14-5-1-7(16)11(8(17)2-5)21-13(20)22-12-9(18)3-6(15)4-10(12)19/h1-4H. The van der Waals surface area contributed by atoms with E-state index >= 15 is 0 Å². The number of ether oxygens (including phenoxy) is 2. The fourth-order valence-corrected chi connectivity index (χ4v) is 6.28. The van der Waals surface area contributed by atoms with Crippen molar-refractivity contribution in [3.63, 3.8) is 0 Å². The summed E-state index contributed by atoms with van der Waals surface area (Å²) in [5.74, 6) is 0.662. The highest BCUT2D eigenvalue weighted by Gasteiger charge is 2.18. The summed E-state index contributed by atoms with van der Waals surface area (Å²) in [6.07, 6.45) is -0.854. The smallest absolute Gasteiger partial charge is 0.392 e. The highest BCUT2D eigenvalue weighted by Crippen LogP contribution is 2.39. The average molecular weight is 688 g/mol. The number of halogens is 6. The van der Waals surface area contributed by atoms with Crippen LogP contribution in [0.25, 0.3) is 0 Å². The van der Waals surface area contributed by atoms with Gasteiger partial charge in [-0.05, 0) is 88.0 Å². The Balaban J connectivity index is 2.22. The van der Waals surface area contributed by atoms with E-state index in [4.69, 9.17) is 9.47 Å². The minimum absolute atomic E-state index is 0.331. The summed E-state index contributed by atoms with van der Waals surface area (Å²) in [6.45, 7) is 0. The Bertz CT molecular complexity index is 639. The van der Waals surface area contributed by atoms with Crippen LogP contribution in [0, 0.1) is 0 Å². The van der Waals surface area contributed by atoms with Gasteiger partial charge in [0.2, 0.25) is 0 Å². The number of carbonyl (C=O) groups excluding carboxylic acids is 1. The van der Waals surface area contributed by atoms with E-state index in [1.807, 2.05) is 0 Å². The van der Waals surface area contributed by atoms with Crippen molar-refractivity contribution >= 4 is 102 Å². The maximum atomic E-state index is 12.0. The molecule has 22 heavy (non-hydrogen) atoms. The monoisotopic (exact) mass is 682 g/mol. The van der Waals surface area contributed by atoms with Crippen LogP contribution in [0.15, 0.2) is 51.1 Å². The van der Waals surface area contributed by atoms with Gasteiger partial charge in [0.15, 0.2) is 11.5 Å². The predicted octanol–water partition coefficient (Wildman–Crippen LogP) is 7.84. The molecule has 0 saturated carbocycles. The molecule has 0 amide bonds. The number of benzene rings is 2. The van der Waals surface area contributed by atoms with Crippen molar-refractivity contribution in [1.29, 1.82) is 0 Å². The summed E-state index contributed by atoms with van der Waals surface area (Å²) in [5.41, 5.74) is 0. The molecular weight excluding hydrogens is 684 g/mol. The van der Waals surface area contributed by atoms with Crippen LogP contribution in [0.1, 0.15) is 0 Å². The molecule has 0 heterocycles. The zero-order chi connectivity index (χ0) is 16.4. The molecule has 2 rings (SSSR count). The maximum absolute atomic E-state index is 12.0. The normalized spacial score (nSPS) is 10.5. The van der Waals surface area contributed by atoms with Gasteiger partial charge >= 0.3 is 6.16 Å². The third-order valence-electron chi connectivity index (χ3n) is 2.30. The van der Waals surface area contributed by atoms with Crippen molar-refractivity contribution in [3.8, 4) is 11.5 Å². The summed E-state index contributed by atoms with van der Waals surface area (Å²) in [7, 11) is 0. The van der Waals surface area contributed by atoms with Gasteiger partial charge in [0, 0.05) is 8.95 Å². The minimum atomic E-state index is -0.854. The first kappa shape index (κ1) is 18.9. The number of rotatable bonds is 2. The zero-order valence-electron chi connectivity index (χ0n) is 10.3. The van der Waals surface area contributed by atoms with Gasteiger partial charge in [-0.15, -0.1) is 0 Å². The van der Waals surface area contributed by atoms with E-state index in [2.05, 4.69) is 95.6 Å². The predicted molar refractivity (Wildman–Crippen MR) is 106 cm³/mol. The van der Waals surface area contributed by atoms with E-state index in [9.17, 15) is 4.79 Å². The van der Waals surface area contributed by atoms with Crippen LogP contribution >= 0.6 is 95.6 Å². The molecule has 0 atom stereocenters. The molecule has 2 aromatic rings. The highest BCUT2D eigenvalue weighted by molar-refractivity contribution is 9.12. The van der Waals surface area contributed by atoms with Gasteiger partial charge in [0.25, 0.3) is 0 Å². The van der Waals surface area contributed by atoms with Crippen LogP contribution < -0.4 is 9.47 Å². The van der Waals surface area contributed by atoms with Gasteiger partial charge in [0.1, 0.15) is 0 Å². The first-order chi connectivity index (χ1) is 10.3. The van der Waals surface area contributed by atoms with E-state index in [0.717, 1.165) is 8.95 Å². The molecule has 0 aromatic heterocycles. The molecule has 0 saturated heterocycles. The van der Waals surface area contributed by atoms with E-state index in [1.165, 1.54) is 0 Å². The molecule has 0 aliphatic rings. The summed E-state index contributed by atoms with van der Waals surface area (Å²) in [4.78, 5) is 12.0. The first-order valence-electron chi connectivity index (χ1n) is 5.46. The van der Waals surface area contributed by atoms with Gasteiger partial charge < -0.3 is 9.47 Å². The lowest BCUT2D eigenvalue weighted by Gasteiger charge is -2.11. The first-order valence-corrected chi connectivity index (χ1v) is 10.2. The zero-order valence-corrected chi connectivity index (χ0v) is 19.8. The van der Waals surface area contributed by atoms with Crippen LogP contribution in [0.5, 0.6) is 11.5 Å². The molecule has 0 radical (unpaired) electrons. The third kappa shape index (κ3) is 4.80. The minimum Gasteiger partial charge on any atom is -0.392 e. The van der Waals surface area contributed by atoms with Crippen LogP contribution in [0.4, 0.5) is 4.79 Å². The summed E-state index contributed by atoms with van der Waals surface area (Å²) >= 11 is 20.0. The Morgan fingerprint density at radius 2 is 0.909 bits per heavy atom. The Kier molecular flexibility index (Phi) is 6.98. The Morgan fingerprint density at radius 1 is 0.636 bits per heavy atom. The lowest BCUT2D eigenvalue weighted by Crippen LogP contribution is -2.15. The molecule has 2 aromatic carbocycles. The lowest BCUT2D eigenvalue weighted by molar-refractivity contribution is 0.150. The topological polar surface area (TPSA) is 35.5 Å². The number of hydrogen-bond acceptors (Lipinski definition) is 3. The van der Waals surface area contributed by atoms with Gasteiger partial charge in [0.05, 0.1) is 17.9 Å². The lowest BCUT2D eigenvalue weighted by atomic mass is 10.3. The molecule has 9 heteroatoms. The molecule has 0 N–H and O–H groups in total. The van der Waals surface area contributed by atoms with Gasteiger partial charge in [-0.2, -0.15) is 0 Å². The second kappa shape index (κ2) is 8.11. The molecule has 0 bridgehead atoms. The second-order valence-corrected chi connectivity index (χ2v) is 9.10.